The molecule has 3 heterocycles. The molecule has 0 bridgehead atoms. The summed E-state index contributed by atoms with van der Waals surface area (Å²) >= 11 is 0. The Morgan fingerprint density at radius 3 is 2.48 bits per heavy atom. The Balaban J connectivity index is 1.38. The van der Waals surface area contributed by atoms with Gasteiger partial charge in [-0.2, -0.15) is 0 Å². The molecular weight excluding hydrogens is 384 g/mol. The molecule has 5 heteroatoms. The van der Waals surface area contributed by atoms with Gasteiger partial charge in [0.25, 0.3) is 0 Å². The monoisotopic (exact) mass is 426 g/mol. The summed E-state index contributed by atoms with van der Waals surface area (Å²) < 4.78 is 0. The fraction of sp³-hybridized carbons (Fsp3) is 0.769. The molecule has 4 rings (SSSR count). The van der Waals surface area contributed by atoms with E-state index in [9.17, 15) is 4.79 Å². The number of nitrogens with zero attached hydrogens (tertiary/aromatic N) is 4. The standard InChI is InChI=1S/C26H42N4O/c31-26(22-28-15-6-1-2-7-16-28)30(19-23-10-8-14-27-18-23)21-24-11-9-17-29(20-24)25-12-4-3-5-13-25/h8,10,14,18,24-25H,1-7,9,11-13,15-17,19-22H2. The van der Waals surface area contributed by atoms with Crippen LogP contribution in [0.1, 0.15) is 76.2 Å². The lowest BCUT2D eigenvalue weighted by Gasteiger charge is -2.41. The van der Waals surface area contributed by atoms with E-state index in [0.29, 0.717) is 24.9 Å². The highest BCUT2D eigenvalue weighted by atomic mass is 16.2. The Labute approximate surface area is 189 Å². The smallest absolute Gasteiger partial charge is 0.237 e. The zero-order valence-electron chi connectivity index (χ0n) is 19.4. The van der Waals surface area contributed by atoms with Crippen LogP contribution in [0.3, 0.4) is 0 Å². The van der Waals surface area contributed by atoms with Crippen LogP contribution >= 0.6 is 0 Å². The molecule has 2 aliphatic heterocycles. The molecular formula is C26H42N4O. The van der Waals surface area contributed by atoms with E-state index in [4.69, 9.17) is 0 Å². The minimum Gasteiger partial charge on any atom is -0.337 e. The average molecular weight is 427 g/mol. The van der Waals surface area contributed by atoms with Gasteiger partial charge in [0, 0.05) is 38.1 Å². The predicted molar refractivity (Wildman–Crippen MR) is 126 cm³/mol. The van der Waals surface area contributed by atoms with E-state index in [1.165, 1.54) is 83.7 Å². The van der Waals surface area contributed by atoms with Gasteiger partial charge in [-0.1, -0.05) is 38.2 Å². The Morgan fingerprint density at radius 2 is 1.74 bits per heavy atom. The number of hydrogen-bond donors (Lipinski definition) is 0. The number of aromatic nitrogens is 1. The van der Waals surface area contributed by atoms with Crippen molar-refractivity contribution in [2.24, 2.45) is 5.92 Å². The molecule has 31 heavy (non-hydrogen) atoms. The molecule has 0 radical (unpaired) electrons. The van der Waals surface area contributed by atoms with Crippen LogP contribution in [0.2, 0.25) is 0 Å². The Morgan fingerprint density at radius 1 is 0.968 bits per heavy atom. The van der Waals surface area contributed by atoms with Gasteiger partial charge in [-0.15, -0.1) is 0 Å². The first kappa shape index (κ1) is 22.7. The summed E-state index contributed by atoms with van der Waals surface area (Å²) in [5.41, 5.74) is 1.15. The van der Waals surface area contributed by atoms with Crippen LogP contribution in [0.5, 0.6) is 0 Å². The molecule has 2 saturated heterocycles. The summed E-state index contributed by atoms with van der Waals surface area (Å²) in [7, 11) is 0. The molecule has 0 aromatic carbocycles. The normalized spacial score (nSPS) is 24.6. The summed E-state index contributed by atoms with van der Waals surface area (Å²) in [4.78, 5) is 25.0. The van der Waals surface area contributed by atoms with Gasteiger partial charge >= 0.3 is 0 Å². The van der Waals surface area contributed by atoms with Gasteiger partial charge in [-0.3, -0.25) is 14.7 Å². The van der Waals surface area contributed by atoms with E-state index in [2.05, 4.69) is 25.8 Å². The van der Waals surface area contributed by atoms with E-state index in [0.717, 1.165) is 31.2 Å². The first-order valence-corrected chi connectivity index (χ1v) is 12.9. The molecule has 1 saturated carbocycles. The van der Waals surface area contributed by atoms with Crippen LogP contribution < -0.4 is 0 Å². The molecule has 1 unspecified atom stereocenters. The molecule has 1 atom stereocenters. The highest BCUT2D eigenvalue weighted by molar-refractivity contribution is 5.78. The van der Waals surface area contributed by atoms with Crippen LogP contribution in [0, 0.1) is 5.92 Å². The van der Waals surface area contributed by atoms with E-state index < -0.39 is 0 Å². The summed E-state index contributed by atoms with van der Waals surface area (Å²) in [5.74, 6) is 0.904. The fourth-order valence-corrected chi connectivity index (χ4v) is 5.89. The Kier molecular flexibility index (Phi) is 8.77. The number of carbonyl (C=O) groups excluding carboxylic acids is 1. The highest BCUT2D eigenvalue weighted by Gasteiger charge is 2.29. The van der Waals surface area contributed by atoms with Crippen LogP contribution in [0.4, 0.5) is 0 Å². The van der Waals surface area contributed by atoms with E-state index in [-0.39, 0.29) is 0 Å². The molecule has 0 N–H and O–H groups in total. The predicted octanol–water partition coefficient (Wildman–Crippen LogP) is 4.33. The third-order valence-corrected chi connectivity index (χ3v) is 7.63. The topological polar surface area (TPSA) is 39.7 Å². The summed E-state index contributed by atoms with van der Waals surface area (Å²) in [5, 5.41) is 0. The quantitative estimate of drug-likeness (QED) is 0.651. The Bertz CT molecular complexity index is 653. The maximum absolute atomic E-state index is 13.4. The number of pyridine rings is 1. The molecule has 1 aliphatic carbocycles. The third kappa shape index (κ3) is 7.01. The maximum Gasteiger partial charge on any atom is 0.237 e. The van der Waals surface area contributed by atoms with Crippen molar-refractivity contribution in [1.29, 1.82) is 0 Å². The van der Waals surface area contributed by atoms with Gasteiger partial charge in [-0.25, -0.2) is 0 Å². The zero-order valence-corrected chi connectivity index (χ0v) is 19.4. The largest absolute Gasteiger partial charge is 0.337 e. The van der Waals surface area contributed by atoms with Gasteiger partial charge in [0.2, 0.25) is 5.91 Å². The average Bonchev–Trinajstić information content (AvgIpc) is 3.09. The maximum atomic E-state index is 13.4. The molecule has 1 amide bonds. The minimum absolute atomic E-state index is 0.306. The van der Waals surface area contributed by atoms with Crippen molar-refractivity contribution in [3.8, 4) is 0 Å². The molecule has 1 aromatic heterocycles. The van der Waals surface area contributed by atoms with E-state index in [1.54, 1.807) is 0 Å². The van der Waals surface area contributed by atoms with E-state index in [1.807, 2.05) is 18.5 Å². The number of piperidine rings is 1. The second-order valence-electron chi connectivity index (χ2n) is 10.1. The van der Waals surface area contributed by atoms with Crippen LogP contribution in [0.25, 0.3) is 0 Å². The van der Waals surface area contributed by atoms with Crippen molar-refractivity contribution < 1.29 is 4.79 Å². The van der Waals surface area contributed by atoms with Crippen molar-refractivity contribution in [2.75, 3.05) is 39.3 Å². The summed E-state index contributed by atoms with van der Waals surface area (Å²) in [6.07, 6.45) is 18.3. The van der Waals surface area contributed by atoms with Gasteiger partial charge in [0.15, 0.2) is 0 Å². The number of carbonyl (C=O) groups is 1. The van der Waals surface area contributed by atoms with Gasteiger partial charge in [0.1, 0.15) is 0 Å². The lowest BCUT2D eigenvalue weighted by molar-refractivity contribution is -0.134. The fourth-order valence-electron chi connectivity index (χ4n) is 5.89. The molecule has 5 nitrogen and oxygen atoms in total. The van der Waals surface area contributed by atoms with Crippen molar-refractivity contribution in [2.45, 2.75) is 83.2 Å². The van der Waals surface area contributed by atoms with E-state index >= 15 is 0 Å². The Hall–Kier alpha value is -1.46. The molecule has 3 fully saturated rings. The molecule has 3 aliphatic rings. The minimum atomic E-state index is 0.306. The van der Waals surface area contributed by atoms with Crippen molar-refractivity contribution in [1.82, 2.24) is 19.7 Å². The first-order chi connectivity index (χ1) is 15.3. The van der Waals surface area contributed by atoms with Gasteiger partial charge < -0.3 is 9.80 Å². The summed E-state index contributed by atoms with van der Waals surface area (Å²) in [6, 6.07) is 4.88. The second-order valence-corrected chi connectivity index (χ2v) is 10.1. The van der Waals surface area contributed by atoms with Gasteiger partial charge in [-0.05, 0) is 75.7 Å². The van der Waals surface area contributed by atoms with Crippen LogP contribution in [-0.2, 0) is 11.3 Å². The van der Waals surface area contributed by atoms with Crippen LogP contribution in [0.15, 0.2) is 24.5 Å². The van der Waals surface area contributed by atoms with Crippen LogP contribution in [-0.4, -0.2) is 70.9 Å². The third-order valence-electron chi connectivity index (χ3n) is 7.63. The number of likely N-dealkylation sites (tertiary alicyclic amines) is 2. The second kappa shape index (κ2) is 12.0. The zero-order chi connectivity index (χ0) is 21.3. The summed E-state index contributed by atoms with van der Waals surface area (Å²) in [6.45, 7) is 6.75. The molecule has 1 aromatic rings. The lowest BCUT2D eigenvalue weighted by atomic mass is 9.90. The first-order valence-electron chi connectivity index (χ1n) is 12.9. The van der Waals surface area contributed by atoms with Gasteiger partial charge in [0.05, 0.1) is 6.54 Å². The number of hydrogen-bond acceptors (Lipinski definition) is 4. The highest BCUT2D eigenvalue weighted by Crippen LogP contribution is 2.28. The lowest BCUT2D eigenvalue weighted by Crippen LogP contribution is -2.48. The van der Waals surface area contributed by atoms with Crippen molar-refractivity contribution in [3.63, 3.8) is 0 Å². The van der Waals surface area contributed by atoms with Crippen molar-refractivity contribution >= 4 is 5.91 Å². The number of amides is 1. The molecule has 0 spiro atoms. The number of rotatable bonds is 7. The SMILES string of the molecule is O=C(CN1CCCCCC1)N(Cc1cccnc1)CC1CCCN(C2CCCCC2)C1. The van der Waals surface area contributed by atoms with Crippen molar-refractivity contribution in [3.05, 3.63) is 30.1 Å². The molecule has 172 valence electrons.